The molecule has 5 nitrogen and oxygen atoms in total. The fourth-order valence-electron chi connectivity index (χ4n) is 3.10. The molecule has 4 rings (SSSR count). The third-order valence-electron chi connectivity index (χ3n) is 4.68. The van der Waals surface area contributed by atoms with Crippen LogP contribution in [0.3, 0.4) is 0 Å². The largest absolute Gasteiger partial charge is 0.319 e. The van der Waals surface area contributed by atoms with E-state index in [1.807, 2.05) is 56.3 Å². The zero-order valence-electron chi connectivity index (χ0n) is 16.4. The summed E-state index contributed by atoms with van der Waals surface area (Å²) in [5.74, 6) is 0.156. The van der Waals surface area contributed by atoms with Crippen molar-refractivity contribution >= 4 is 34.8 Å². The first-order chi connectivity index (χ1) is 14.4. The van der Waals surface area contributed by atoms with Gasteiger partial charge in [0.2, 0.25) is 5.82 Å². The number of hydrogen-bond donors (Lipinski definition) is 1. The van der Waals surface area contributed by atoms with Crippen molar-refractivity contribution < 1.29 is 4.79 Å². The smallest absolute Gasteiger partial charge is 0.295 e. The van der Waals surface area contributed by atoms with E-state index in [9.17, 15) is 4.79 Å². The lowest BCUT2D eigenvalue weighted by molar-refractivity contribution is 0.101. The predicted molar refractivity (Wildman–Crippen MR) is 121 cm³/mol. The second-order valence-electron chi connectivity index (χ2n) is 6.88. The van der Waals surface area contributed by atoms with Crippen molar-refractivity contribution in [1.82, 2.24) is 14.8 Å². The van der Waals surface area contributed by atoms with Crippen molar-refractivity contribution in [3.05, 3.63) is 93.7 Å². The molecule has 0 unspecified atom stereocenters. The van der Waals surface area contributed by atoms with E-state index in [2.05, 4.69) is 15.4 Å². The van der Waals surface area contributed by atoms with E-state index in [0.29, 0.717) is 21.6 Å². The van der Waals surface area contributed by atoms with Crippen LogP contribution in [0.4, 0.5) is 5.69 Å². The maximum absolute atomic E-state index is 12.9. The van der Waals surface area contributed by atoms with Gasteiger partial charge in [0.1, 0.15) is 0 Å². The molecule has 7 heteroatoms. The fraction of sp³-hybridized carbons (Fsp3) is 0.0870. The van der Waals surface area contributed by atoms with E-state index in [-0.39, 0.29) is 5.82 Å². The van der Waals surface area contributed by atoms with Crippen molar-refractivity contribution in [2.45, 2.75) is 13.8 Å². The minimum absolute atomic E-state index is 0.0487. The Bertz CT molecular complexity index is 1250. The number of anilines is 1. The van der Waals surface area contributed by atoms with Crippen LogP contribution in [-0.2, 0) is 0 Å². The standard InChI is InChI=1S/C23H18Cl2N4O/c1-14-10-11-18(25)13-19(14)26-23(30)21-27-22(16-7-5-8-17(24)12-16)29(28-21)20-9-4-3-6-15(20)2/h3-13H,1-2H3,(H,26,30). The normalized spacial score (nSPS) is 10.8. The van der Waals surface area contributed by atoms with Crippen LogP contribution in [0.1, 0.15) is 21.7 Å². The van der Waals surface area contributed by atoms with Gasteiger partial charge in [0.15, 0.2) is 5.82 Å². The lowest BCUT2D eigenvalue weighted by Crippen LogP contribution is -2.15. The molecule has 1 aromatic heterocycles. The zero-order valence-corrected chi connectivity index (χ0v) is 17.9. The van der Waals surface area contributed by atoms with Gasteiger partial charge in [0, 0.05) is 21.3 Å². The number of carbonyl (C=O) groups is 1. The van der Waals surface area contributed by atoms with E-state index in [1.165, 1.54) is 0 Å². The van der Waals surface area contributed by atoms with E-state index >= 15 is 0 Å². The van der Waals surface area contributed by atoms with Crippen LogP contribution in [0.15, 0.2) is 66.7 Å². The van der Waals surface area contributed by atoms with Gasteiger partial charge in [0.05, 0.1) is 5.69 Å². The van der Waals surface area contributed by atoms with Gasteiger partial charge in [-0.3, -0.25) is 4.79 Å². The number of hydrogen-bond acceptors (Lipinski definition) is 3. The lowest BCUT2D eigenvalue weighted by atomic mass is 10.2. The van der Waals surface area contributed by atoms with E-state index in [4.69, 9.17) is 23.2 Å². The molecule has 0 aliphatic carbocycles. The summed E-state index contributed by atoms with van der Waals surface area (Å²) >= 11 is 12.3. The maximum atomic E-state index is 12.9. The van der Waals surface area contributed by atoms with Crippen LogP contribution in [0.25, 0.3) is 17.1 Å². The lowest BCUT2D eigenvalue weighted by Gasteiger charge is -2.09. The second-order valence-corrected chi connectivity index (χ2v) is 7.75. The Labute approximate surface area is 184 Å². The Kier molecular flexibility index (Phi) is 5.57. The average molecular weight is 437 g/mol. The Morgan fingerprint density at radius 2 is 1.67 bits per heavy atom. The van der Waals surface area contributed by atoms with E-state index < -0.39 is 5.91 Å². The minimum Gasteiger partial charge on any atom is -0.319 e. The van der Waals surface area contributed by atoms with Gasteiger partial charge in [-0.2, -0.15) is 0 Å². The van der Waals surface area contributed by atoms with Gasteiger partial charge >= 0.3 is 0 Å². The molecule has 1 amide bonds. The number of nitrogens with one attached hydrogen (secondary N) is 1. The van der Waals surface area contributed by atoms with Gasteiger partial charge in [-0.25, -0.2) is 9.67 Å². The van der Waals surface area contributed by atoms with Crippen molar-refractivity contribution in [1.29, 1.82) is 0 Å². The SMILES string of the molecule is Cc1ccc(Cl)cc1NC(=O)c1nc(-c2cccc(Cl)c2)n(-c2ccccc2C)n1. The van der Waals surface area contributed by atoms with Gasteiger partial charge in [-0.15, -0.1) is 5.10 Å². The molecular weight excluding hydrogens is 419 g/mol. The highest BCUT2D eigenvalue weighted by Crippen LogP contribution is 2.26. The number of carbonyl (C=O) groups excluding carboxylic acids is 1. The summed E-state index contributed by atoms with van der Waals surface area (Å²) < 4.78 is 1.67. The Balaban J connectivity index is 1.80. The Hall–Kier alpha value is -3.15. The number of aryl methyl sites for hydroxylation is 2. The van der Waals surface area contributed by atoms with Crippen LogP contribution in [0.2, 0.25) is 10.0 Å². The number of benzene rings is 3. The van der Waals surface area contributed by atoms with Crippen LogP contribution >= 0.6 is 23.2 Å². The van der Waals surface area contributed by atoms with Gasteiger partial charge in [0.25, 0.3) is 5.91 Å². The monoisotopic (exact) mass is 436 g/mol. The average Bonchev–Trinajstić information content (AvgIpc) is 3.16. The van der Waals surface area contributed by atoms with Crippen molar-refractivity contribution in [3.63, 3.8) is 0 Å². The molecule has 0 saturated carbocycles. The zero-order chi connectivity index (χ0) is 21.3. The molecule has 4 aromatic rings. The molecule has 1 heterocycles. The molecule has 0 bridgehead atoms. The number of amides is 1. The van der Waals surface area contributed by atoms with Crippen LogP contribution in [0.5, 0.6) is 0 Å². The second kappa shape index (κ2) is 8.30. The summed E-state index contributed by atoms with van der Waals surface area (Å²) in [5, 5.41) is 8.47. The topological polar surface area (TPSA) is 59.8 Å². The first-order valence-electron chi connectivity index (χ1n) is 9.29. The maximum Gasteiger partial charge on any atom is 0.295 e. The number of aromatic nitrogens is 3. The highest BCUT2D eigenvalue weighted by Gasteiger charge is 2.20. The number of rotatable bonds is 4. The summed E-state index contributed by atoms with van der Waals surface area (Å²) in [4.78, 5) is 17.5. The summed E-state index contributed by atoms with van der Waals surface area (Å²) in [6.45, 7) is 3.87. The summed E-state index contributed by atoms with van der Waals surface area (Å²) in [5.41, 5.74) is 4.10. The first kappa shape index (κ1) is 20.1. The number of halogens is 2. The third kappa shape index (κ3) is 4.08. The van der Waals surface area contributed by atoms with Gasteiger partial charge < -0.3 is 5.32 Å². The minimum atomic E-state index is -0.420. The van der Waals surface area contributed by atoms with Crippen LogP contribution < -0.4 is 5.32 Å². The van der Waals surface area contributed by atoms with Crippen LogP contribution in [-0.4, -0.2) is 20.7 Å². The molecule has 0 atom stereocenters. The molecule has 0 aliphatic heterocycles. The highest BCUT2D eigenvalue weighted by atomic mass is 35.5. The summed E-state index contributed by atoms with van der Waals surface area (Å²) in [7, 11) is 0. The van der Waals surface area contributed by atoms with E-state index in [1.54, 1.807) is 28.9 Å². The number of nitrogens with zero attached hydrogens (tertiary/aromatic N) is 3. The molecule has 0 radical (unpaired) electrons. The molecule has 1 N–H and O–H groups in total. The molecule has 0 fully saturated rings. The summed E-state index contributed by atoms with van der Waals surface area (Å²) in [6.07, 6.45) is 0. The third-order valence-corrected chi connectivity index (χ3v) is 5.15. The molecular formula is C23H18Cl2N4O. The Morgan fingerprint density at radius 1 is 0.900 bits per heavy atom. The highest BCUT2D eigenvalue weighted by molar-refractivity contribution is 6.31. The number of para-hydroxylation sites is 1. The molecule has 0 spiro atoms. The van der Waals surface area contributed by atoms with E-state index in [0.717, 1.165) is 22.4 Å². The van der Waals surface area contributed by atoms with Crippen molar-refractivity contribution in [2.75, 3.05) is 5.32 Å². The molecule has 0 saturated heterocycles. The molecule has 3 aromatic carbocycles. The van der Waals surface area contributed by atoms with Crippen molar-refractivity contribution in [3.8, 4) is 17.1 Å². The summed E-state index contributed by atoms with van der Waals surface area (Å²) in [6, 6.07) is 20.4. The predicted octanol–water partition coefficient (Wildman–Crippen LogP) is 6.11. The first-order valence-corrected chi connectivity index (χ1v) is 10.0. The van der Waals surface area contributed by atoms with Crippen LogP contribution in [0, 0.1) is 13.8 Å². The Morgan fingerprint density at radius 3 is 2.43 bits per heavy atom. The van der Waals surface area contributed by atoms with Crippen molar-refractivity contribution in [2.24, 2.45) is 0 Å². The molecule has 150 valence electrons. The molecule has 0 aliphatic rings. The van der Waals surface area contributed by atoms with Gasteiger partial charge in [-0.05, 0) is 55.3 Å². The van der Waals surface area contributed by atoms with Gasteiger partial charge in [-0.1, -0.05) is 59.6 Å². The fourth-order valence-corrected chi connectivity index (χ4v) is 3.46. The molecule has 30 heavy (non-hydrogen) atoms. The quantitative estimate of drug-likeness (QED) is 0.419.